The third-order valence-electron chi connectivity index (χ3n) is 5.44. The van der Waals surface area contributed by atoms with Gasteiger partial charge in [-0.1, -0.05) is 6.07 Å². The van der Waals surface area contributed by atoms with Gasteiger partial charge in [0.15, 0.2) is 0 Å². The number of nitrogens with one attached hydrogen (secondary N) is 2. The standard InChI is InChI=1S/C24H15FN6O/c25-16-5-14(6-17(32)8-16)18-3-4-28-24-19(18)9-22(29-24)23-20-7-13(1-2-21(20)30-31-23)15-10-26-12-27-11-15/h1-12,32H,(H,28,29)(H,30,31). The lowest BCUT2D eigenvalue weighted by atomic mass is 10.0. The zero-order valence-corrected chi connectivity index (χ0v) is 16.5. The van der Waals surface area contributed by atoms with E-state index in [4.69, 9.17) is 0 Å². The van der Waals surface area contributed by atoms with Crippen molar-refractivity contribution in [1.82, 2.24) is 30.1 Å². The monoisotopic (exact) mass is 422 g/mol. The third kappa shape index (κ3) is 2.97. The van der Waals surface area contributed by atoms with Gasteiger partial charge in [-0.3, -0.25) is 5.10 Å². The Morgan fingerprint density at radius 3 is 2.56 bits per heavy atom. The number of hydrogen-bond acceptors (Lipinski definition) is 5. The van der Waals surface area contributed by atoms with E-state index in [9.17, 15) is 9.50 Å². The molecule has 0 aliphatic heterocycles. The number of benzene rings is 2. The van der Waals surface area contributed by atoms with Gasteiger partial charge in [0.1, 0.15) is 29.2 Å². The molecule has 0 amide bonds. The van der Waals surface area contributed by atoms with Crippen molar-refractivity contribution in [3.05, 3.63) is 79.3 Å². The Bertz CT molecular complexity index is 1590. The van der Waals surface area contributed by atoms with Crippen LogP contribution >= 0.6 is 0 Å². The quantitative estimate of drug-likeness (QED) is 0.369. The zero-order chi connectivity index (χ0) is 21.7. The number of pyridine rings is 1. The number of aromatic amines is 2. The maximum absolute atomic E-state index is 13.9. The van der Waals surface area contributed by atoms with Crippen molar-refractivity contribution in [3.63, 3.8) is 0 Å². The molecule has 6 aromatic rings. The largest absolute Gasteiger partial charge is 0.508 e. The van der Waals surface area contributed by atoms with Crippen LogP contribution in [0.2, 0.25) is 0 Å². The van der Waals surface area contributed by atoms with Gasteiger partial charge in [0.2, 0.25) is 0 Å². The fourth-order valence-electron chi connectivity index (χ4n) is 3.98. The van der Waals surface area contributed by atoms with E-state index in [1.807, 2.05) is 24.3 Å². The summed E-state index contributed by atoms with van der Waals surface area (Å²) in [5.74, 6) is -0.632. The number of aromatic nitrogens is 6. The number of hydrogen-bond donors (Lipinski definition) is 3. The molecule has 4 heterocycles. The van der Waals surface area contributed by atoms with E-state index >= 15 is 0 Å². The average molecular weight is 422 g/mol. The number of fused-ring (bicyclic) bond motifs is 2. The number of aromatic hydroxyl groups is 1. The highest BCUT2D eigenvalue weighted by Crippen LogP contribution is 2.35. The molecule has 6 rings (SSSR count). The molecule has 0 bridgehead atoms. The van der Waals surface area contributed by atoms with E-state index < -0.39 is 5.82 Å². The molecule has 0 spiro atoms. The predicted molar refractivity (Wildman–Crippen MR) is 119 cm³/mol. The third-order valence-corrected chi connectivity index (χ3v) is 5.44. The minimum absolute atomic E-state index is 0.128. The van der Waals surface area contributed by atoms with Crippen molar-refractivity contribution in [2.24, 2.45) is 0 Å². The van der Waals surface area contributed by atoms with Crippen LogP contribution in [-0.4, -0.2) is 35.2 Å². The van der Waals surface area contributed by atoms with E-state index in [1.54, 1.807) is 24.7 Å². The minimum atomic E-state index is -0.503. The summed E-state index contributed by atoms with van der Waals surface area (Å²) in [5.41, 5.74) is 6.26. The highest BCUT2D eigenvalue weighted by molar-refractivity contribution is 6.00. The van der Waals surface area contributed by atoms with Gasteiger partial charge in [0.25, 0.3) is 0 Å². The molecule has 154 valence electrons. The summed E-state index contributed by atoms with van der Waals surface area (Å²) >= 11 is 0. The molecule has 0 fully saturated rings. The molecular weight excluding hydrogens is 407 g/mol. The topological polar surface area (TPSA) is 103 Å². The fourth-order valence-corrected chi connectivity index (χ4v) is 3.98. The summed E-state index contributed by atoms with van der Waals surface area (Å²) in [4.78, 5) is 15.9. The van der Waals surface area contributed by atoms with Gasteiger partial charge in [0.05, 0.1) is 11.2 Å². The van der Waals surface area contributed by atoms with E-state index in [0.717, 1.165) is 50.4 Å². The van der Waals surface area contributed by atoms with Gasteiger partial charge in [-0.25, -0.2) is 19.3 Å². The molecule has 0 unspecified atom stereocenters. The molecule has 8 heteroatoms. The number of nitrogens with zero attached hydrogens (tertiary/aromatic N) is 4. The van der Waals surface area contributed by atoms with E-state index in [0.29, 0.717) is 11.2 Å². The molecule has 4 aromatic heterocycles. The Labute approximate surface area is 180 Å². The summed E-state index contributed by atoms with van der Waals surface area (Å²) in [6.07, 6.45) is 6.68. The molecule has 0 aliphatic rings. The van der Waals surface area contributed by atoms with Crippen molar-refractivity contribution in [2.45, 2.75) is 0 Å². The summed E-state index contributed by atoms with van der Waals surface area (Å²) in [5, 5.41) is 19.1. The first-order valence-corrected chi connectivity index (χ1v) is 9.87. The number of phenols is 1. The van der Waals surface area contributed by atoms with Crippen LogP contribution in [-0.2, 0) is 0 Å². The molecular formula is C24H15FN6O. The maximum atomic E-state index is 13.9. The summed E-state index contributed by atoms with van der Waals surface area (Å²) < 4.78 is 13.9. The van der Waals surface area contributed by atoms with Crippen molar-refractivity contribution < 1.29 is 9.50 Å². The molecule has 0 aliphatic carbocycles. The Balaban J connectivity index is 1.52. The first kappa shape index (κ1) is 18.2. The van der Waals surface area contributed by atoms with Crippen molar-refractivity contribution in [2.75, 3.05) is 0 Å². The van der Waals surface area contributed by atoms with Crippen molar-refractivity contribution in [1.29, 1.82) is 0 Å². The SMILES string of the molecule is Oc1cc(F)cc(-c2ccnc3[nH]c(-c4n[nH]c5ccc(-c6cncnc6)cc45)cc23)c1. The second kappa shape index (κ2) is 6.98. The highest BCUT2D eigenvalue weighted by Gasteiger charge is 2.15. The second-order valence-corrected chi connectivity index (χ2v) is 7.46. The van der Waals surface area contributed by atoms with Crippen molar-refractivity contribution in [3.8, 4) is 39.4 Å². The summed E-state index contributed by atoms with van der Waals surface area (Å²) in [6, 6.07) is 13.7. The molecule has 7 nitrogen and oxygen atoms in total. The van der Waals surface area contributed by atoms with Crippen LogP contribution in [0.5, 0.6) is 5.75 Å². The van der Waals surface area contributed by atoms with E-state index in [1.165, 1.54) is 18.5 Å². The van der Waals surface area contributed by atoms with E-state index in [2.05, 4.69) is 30.1 Å². The van der Waals surface area contributed by atoms with Gasteiger partial charge in [-0.05, 0) is 53.1 Å². The Morgan fingerprint density at radius 2 is 1.72 bits per heavy atom. The smallest absolute Gasteiger partial charge is 0.138 e. The first-order valence-electron chi connectivity index (χ1n) is 9.87. The minimum Gasteiger partial charge on any atom is -0.508 e. The fraction of sp³-hybridized carbons (Fsp3) is 0. The molecule has 0 saturated heterocycles. The molecule has 0 saturated carbocycles. The normalized spacial score (nSPS) is 11.4. The van der Waals surface area contributed by atoms with Gasteiger partial charge in [-0.2, -0.15) is 5.10 Å². The average Bonchev–Trinajstić information content (AvgIpc) is 3.42. The lowest BCUT2D eigenvalue weighted by Gasteiger charge is -2.04. The Kier molecular flexibility index (Phi) is 3.97. The first-order chi connectivity index (χ1) is 15.7. The summed E-state index contributed by atoms with van der Waals surface area (Å²) in [7, 11) is 0. The van der Waals surface area contributed by atoms with Crippen LogP contribution in [0.1, 0.15) is 0 Å². The molecule has 0 atom stereocenters. The maximum Gasteiger partial charge on any atom is 0.138 e. The lowest BCUT2D eigenvalue weighted by Crippen LogP contribution is -1.84. The number of phenolic OH excluding ortho intramolecular Hbond substituents is 1. The van der Waals surface area contributed by atoms with Gasteiger partial charge < -0.3 is 10.1 Å². The summed E-state index contributed by atoms with van der Waals surface area (Å²) in [6.45, 7) is 0. The number of rotatable bonds is 3. The van der Waals surface area contributed by atoms with Crippen molar-refractivity contribution >= 4 is 21.9 Å². The van der Waals surface area contributed by atoms with E-state index in [-0.39, 0.29) is 5.75 Å². The van der Waals surface area contributed by atoms with Crippen LogP contribution in [0.4, 0.5) is 4.39 Å². The van der Waals surface area contributed by atoms with Crippen LogP contribution in [0.25, 0.3) is 55.6 Å². The van der Waals surface area contributed by atoms with Gasteiger partial charge in [-0.15, -0.1) is 0 Å². The number of halogens is 1. The van der Waals surface area contributed by atoms with Crippen LogP contribution in [0.15, 0.2) is 73.4 Å². The Morgan fingerprint density at radius 1 is 0.844 bits per heavy atom. The van der Waals surface area contributed by atoms with Crippen LogP contribution in [0.3, 0.4) is 0 Å². The molecule has 0 radical (unpaired) electrons. The lowest BCUT2D eigenvalue weighted by molar-refractivity contribution is 0.469. The molecule has 32 heavy (non-hydrogen) atoms. The molecule has 3 N–H and O–H groups in total. The van der Waals surface area contributed by atoms with Gasteiger partial charge >= 0.3 is 0 Å². The highest BCUT2D eigenvalue weighted by atomic mass is 19.1. The van der Waals surface area contributed by atoms with Crippen LogP contribution in [0, 0.1) is 5.82 Å². The molecule has 2 aromatic carbocycles. The van der Waals surface area contributed by atoms with Gasteiger partial charge in [0, 0.05) is 41.0 Å². The second-order valence-electron chi connectivity index (χ2n) is 7.46. The number of H-pyrrole nitrogens is 2. The Hall–Kier alpha value is -4.59. The predicted octanol–water partition coefficient (Wildman–Crippen LogP) is 5.07. The van der Waals surface area contributed by atoms with Crippen LogP contribution < -0.4 is 0 Å². The zero-order valence-electron chi connectivity index (χ0n) is 16.5.